The van der Waals surface area contributed by atoms with Crippen LogP contribution in [0.1, 0.15) is 35.3 Å². The molecule has 4 rings (SSSR count). The van der Waals surface area contributed by atoms with E-state index in [-0.39, 0.29) is 13.0 Å². The van der Waals surface area contributed by atoms with E-state index in [0.717, 1.165) is 21.7 Å². The van der Waals surface area contributed by atoms with Gasteiger partial charge in [-0.05, 0) is 36.1 Å². The topological polar surface area (TPSA) is 111 Å². The lowest BCUT2D eigenvalue weighted by Gasteiger charge is -2.34. The van der Waals surface area contributed by atoms with Crippen LogP contribution >= 0.6 is 0 Å². The maximum Gasteiger partial charge on any atom is 0.272 e. The molecule has 1 fully saturated rings. The van der Waals surface area contributed by atoms with Crippen LogP contribution in [-0.2, 0) is 22.4 Å². The van der Waals surface area contributed by atoms with Crippen LogP contribution in [0.25, 0.3) is 0 Å². The molecular formula is C29H34F2N4O4. The number of aliphatic hydroxyl groups excluding tert-OH is 1. The van der Waals surface area contributed by atoms with Crippen LogP contribution in [0.15, 0.2) is 61.2 Å². The number of aliphatic hydroxyl groups is 1. The average molecular weight is 541 g/mol. The van der Waals surface area contributed by atoms with Gasteiger partial charge in [-0.25, -0.2) is 8.78 Å². The minimum Gasteiger partial charge on any atom is -0.384 e. The molecule has 10 heteroatoms. The number of hydrogen-bond donors (Lipinski definition) is 4. The van der Waals surface area contributed by atoms with E-state index in [1.165, 1.54) is 19.9 Å². The molecule has 3 amide bonds. The Kier molecular flexibility index (Phi) is 8.06. The zero-order valence-electron chi connectivity index (χ0n) is 22.0. The maximum atomic E-state index is 15.1. The normalized spacial score (nSPS) is 20.3. The Labute approximate surface area is 226 Å². The summed E-state index contributed by atoms with van der Waals surface area (Å²) >= 11 is 0. The van der Waals surface area contributed by atoms with Gasteiger partial charge in [0.1, 0.15) is 6.04 Å². The molecule has 0 saturated carbocycles. The number of likely N-dealkylation sites (tertiary alicyclic amines) is 1. The van der Waals surface area contributed by atoms with Crippen LogP contribution in [0.5, 0.6) is 0 Å². The Bertz CT molecular complexity index is 1250. The van der Waals surface area contributed by atoms with E-state index >= 15 is 8.78 Å². The van der Waals surface area contributed by atoms with Crippen LogP contribution in [0.4, 0.5) is 14.5 Å². The van der Waals surface area contributed by atoms with Gasteiger partial charge in [-0.1, -0.05) is 56.3 Å². The molecule has 2 aromatic carbocycles. The van der Waals surface area contributed by atoms with E-state index in [2.05, 4.69) is 22.5 Å². The summed E-state index contributed by atoms with van der Waals surface area (Å²) in [6.45, 7) is 5.64. The third-order valence-electron chi connectivity index (χ3n) is 7.62. The quantitative estimate of drug-likeness (QED) is 0.366. The SMILES string of the molecule is C=CCNC(=O)[C@H]1N(C(=O)[C@@H](O)[C@H](Cc2ccccc2)NC(=O)c2cccc3c2CCN3)CC(F)(F)C1(C)C. The highest BCUT2D eigenvalue weighted by molar-refractivity contribution is 5.98. The van der Waals surface area contributed by atoms with Crippen molar-refractivity contribution in [1.82, 2.24) is 15.5 Å². The summed E-state index contributed by atoms with van der Waals surface area (Å²) in [7, 11) is 0. The molecule has 0 unspecified atom stereocenters. The summed E-state index contributed by atoms with van der Waals surface area (Å²) < 4.78 is 30.2. The van der Waals surface area contributed by atoms with Crippen LogP contribution in [0.2, 0.25) is 0 Å². The van der Waals surface area contributed by atoms with Gasteiger partial charge in [0.15, 0.2) is 6.10 Å². The first kappa shape index (κ1) is 28.2. The van der Waals surface area contributed by atoms with Crippen LogP contribution in [-0.4, -0.2) is 71.5 Å². The second-order valence-corrected chi connectivity index (χ2v) is 10.6. The molecule has 0 bridgehead atoms. The predicted octanol–water partition coefficient (Wildman–Crippen LogP) is 2.53. The van der Waals surface area contributed by atoms with E-state index in [4.69, 9.17) is 0 Å². The standard InChI is InChI=1S/C29H34F2N4O4/c1-4-14-33-26(38)24-28(2,3)29(30,31)17-35(24)27(39)23(36)22(16-18-9-6-5-7-10-18)34-25(37)20-11-8-12-21-19(20)13-15-32-21/h4-12,22-24,32,36H,1,13-17H2,2-3H3,(H,33,38)(H,34,37)/t22-,23-,24+/m0/s1. The highest BCUT2D eigenvalue weighted by Crippen LogP contribution is 2.48. The second-order valence-electron chi connectivity index (χ2n) is 10.6. The number of hydrogen-bond acceptors (Lipinski definition) is 5. The summed E-state index contributed by atoms with van der Waals surface area (Å²) in [5.41, 5.74) is 0.902. The van der Waals surface area contributed by atoms with Gasteiger partial charge in [-0.3, -0.25) is 14.4 Å². The third kappa shape index (κ3) is 5.52. The first-order valence-corrected chi connectivity index (χ1v) is 12.9. The number of nitrogens with one attached hydrogen (secondary N) is 3. The van der Waals surface area contributed by atoms with Crippen molar-refractivity contribution in [3.05, 3.63) is 77.9 Å². The monoisotopic (exact) mass is 540 g/mol. The highest BCUT2D eigenvalue weighted by atomic mass is 19.3. The fraction of sp³-hybridized carbons (Fsp3) is 0.414. The number of rotatable bonds is 9. The van der Waals surface area contributed by atoms with E-state index in [1.807, 2.05) is 6.07 Å². The maximum absolute atomic E-state index is 15.1. The minimum absolute atomic E-state index is 0.0323. The van der Waals surface area contributed by atoms with Gasteiger partial charge in [0.25, 0.3) is 17.7 Å². The molecule has 3 atom stereocenters. The van der Waals surface area contributed by atoms with Crippen LogP contribution in [0, 0.1) is 5.41 Å². The lowest BCUT2D eigenvalue weighted by molar-refractivity contribution is -0.148. The smallest absolute Gasteiger partial charge is 0.272 e. The van der Waals surface area contributed by atoms with Gasteiger partial charge >= 0.3 is 0 Å². The van der Waals surface area contributed by atoms with Crippen molar-refractivity contribution in [2.24, 2.45) is 5.41 Å². The molecule has 2 heterocycles. The van der Waals surface area contributed by atoms with Crippen molar-refractivity contribution < 1.29 is 28.3 Å². The summed E-state index contributed by atoms with van der Waals surface area (Å²) in [5.74, 6) is -5.71. The average Bonchev–Trinajstić information content (AvgIpc) is 3.46. The fourth-order valence-corrected chi connectivity index (χ4v) is 5.30. The number of halogens is 2. The fourth-order valence-electron chi connectivity index (χ4n) is 5.30. The lowest BCUT2D eigenvalue weighted by atomic mass is 9.81. The number of fused-ring (bicyclic) bond motifs is 1. The zero-order chi connectivity index (χ0) is 28.4. The minimum atomic E-state index is -3.39. The molecule has 1 saturated heterocycles. The highest BCUT2D eigenvalue weighted by Gasteiger charge is 2.64. The van der Waals surface area contributed by atoms with Crippen molar-refractivity contribution in [3.63, 3.8) is 0 Å². The molecule has 39 heavy (non-hydrogen) atoms. The van der Waals surface area contributed by atoms with Crippen LogP contribution in [0.3, 0.4) is 0 Å². The molecule has 4 N–H and O–H groups in total. The Morgan fingerprint density at radius 2 is 1.90 bits per heavy atom. The number of anilines is 1. The molecular weight excluding hydrogens is 506 g/mol. The number of carbonyl (C=O) groups is 3. The zero-order valence-corrected chi connectivity index (χ0v) is 22.0. The van der Waals surface area contributed by atoms with Gasteiger partial charge in [0.2, 0.25) is 5.91 Å². The van der Waals surface area contributed by atoms with Crippen molar-refractivity contribution in [2.75, 3.05) is 25.0 Å². The van der Waals surface area contributed by atoms with Crippen molar-refractivity contribution in [3.8, 4) is 0 Å². The number of amides is 3. The number of carbonyl (C=O) groups excluding carboxylic acids is 3. The summed E-state index contributed by atoms with van der Waals surface area (Å²) in [6, 6.07) is 11.5. The van der Waals surface area contributed by atoms with Crippen molar-refractivity contribution in [1.29, 1.82) is 0 Å². The number of benzene rings is 2. The van der Waals surface area contributed by atoms with E-state index in [1.54, 1.807) is 42.5 Å². The Hall–Kier alpha value is -3.79. The molecule has 0 radical (unpaired) electrons. The Morgan fingerprint density at radius 3 is 2.59 bits per heavy atom. The largest absolute Gasteiger partial charge is 0.384 e. The Balaban J connectivity index is 1.63. The molecule has 0 aliphatic carbocycles. The van der Waals surface area contributed by atoms with Gasteiger partial charge < -0.3 is 26.0 Å². The van der Waals surface area contributed by atoms with Gasteiger partial charge in [0, 0.05) is 24.3 Å². The van der Waals surface area contributed by atoms with Gasteiger partial charge in [-0.2, -0.15) is 0 Å². The van der Waals surface area contributed by atoms with E-state index in [0.29, 0.717) is 18.5 Å². The summed E-state index contributed by atoms with van der Waals surface area (Å²) in [6.07, 6.45) is 0.223. The van der Waals surface area contributed by atoms with E-state index < -0.39 is 53.8 Å². The van der Waals surface area contributed by atoms with Gasteiger partial charge in [-0.15, -0.1) is 6.58 Å². The predicted molar refractivity (Wildman–Crippen MR) is 143 cm³/mol. The molecule has 0 aromatic heterocycles. The molecule has 2 aromatic rings. The second kappa shape index (κ2) is 11.1. The molecule has 2 aliphatic heterocycles. The van der Waals surface area contributed by atoms with Crippen molar-refractivity contribution in [2.45, 2.75) is 50.8 Å². The summed E-state index contributed by atoms with van der Waals surface area (Å²) in [5, 5.41) is 19.8. The lowest BCUT2D eigenvalue weighted by Crippen LogP contribution is -2.57. The molecule has 208 valence electrons. The Morgan fingerprint density at radius 1 is 1.18 bits per heavy atom. The summed E-state index contributed by atoms with van der Waals surface area (Å²) in [4.78, 5) is 40.7. The van der Waals surface area contributed by atoms with Crippen LogP contribution < -0.4 is 16.0 Å². The van der Waals surface area contributed by atoms with Crippen molar-refractivity contribution >= 4 is 23.4 Å². The molecule has 0 spiro atoms. The first-order chi connectivity index (χ1) is 18.5. The number of nitrogens with zero attached hydrogens (tertiary/aromatic N) is 1. The first-order valence-electron chi connectivity index (χ1n) is 12.9. The molecule has 2 aliphatic rings. The molecule has 8 nitrogen and oxygen atoms in total. The van der Waals surface area contributed by atoms with Gasteiger partial charge in [0.05, 0.1) is 18.0 Å². The van der Waals surface area contributed by atoms with E-state index in [9.17, 15) is 19.5 Å². The third-order valence-corrected chi connectivity index (χ3v) is 7.62. The number of alkyl halides is 2.